The van der Waals surface area contributed by atoms with Gasteiger partial charge in [0.25, 0.3) is 0 Å². The number of benzene rings is 1. The Labute approximate surface area is 153 Å². The lowest BCUT2D eigenvalue weighted by molar-refractivity contribution is -0.133. The van der Waals surface area contributed by atoms with Crippen LogP contribution in [0.1, 0.15) is 32.6 Å². The van der Waals surface area contributed by atoms with Crippen LogP contribution < -0.4 is 4.31 Å². The SMILES string of the molecule is CCC1CCCCN1C(=O)CN(c1cc(Cl)cc(Cl)c1)S(C)(=O)=O. The third-order valence-corrected chi connectivity index (χ3v) is 5.81. The Kier molecular flexibility index (Phi) is 6.39. The average molecular weight is 393 g/mol. The molecule has 24 heavy (non-hydrogen) atoms. The molecule has 1 saturated heterocycles. The highest BCUT2D eigenvalue weighted by Gasteiger charge is 2.29. The van der Waals surface area contributed by atoms with Crippen LogP contribution in [0.2, 0.25) is 10.0 Å². The lowest BCUT2D eigenvalue weighted by atomic mass is 10.00. The molecular formula is C16H22Cl2N2O3S. The number of hydrogen-bond donors (Lipinski definition) is 0. The minimum atomic E-state index is -3.64. The summed E-state index contributed by atoms with van der Waals surface area (Å²) in [5, 5.41) is 0.644. The van der Waals surface area contributed by atoms with Gasteiger partial charge in [-0.05, 0) is 43.9 Å². The molecule has 0 spiro atoms. The van der Waals surface area contributed by atoms with E-state index in [4.69, 9.17) is 23.2 Å². The molecule has 1 amide bonds. The summed E-state index contributed by atoms with van der Waals surface area (Å²) in [6.07, 6.45) is 4.95. The fraction of sp³-hybridized carbons (Fsp3) is 0.562. The molecule has 1 atom stereocenters. The average Bonchev–Trinajstić information content (AvgIpc) is 2.50. The number of anilines is 1. The first-order valence-corrected chi connectivity index (χ1v) is 10.6. The second-order valence-corrected chi connectivity index (χ2v) is 8.82. The highest BCUT2D eigenvalue weighted by atomic mass is 35.5. The molecule has 0 aliphatic carbocycles. The van der Waals surface area contributed by atoms with E-state index in [9.17, 15) is 13.2 Å². The molecule has 1 aromatic carbocycles. The zero-order valence-corrected chi connectivity index (χ0v) is 16.2. The van der Waals surface area contributed by atoms with E-state index >= 15 is 0 Å². The van der Waals surface area contributed by atoms with Crippen LogP contribution in [0, 0.1) is 0 Å². The number of carbonyl (C=O) groups excluding carboxylic acids is 1. The van der Waals surface area contributed by atoms with Gasteiger partial charge in [0.05, 0.1) is 11.9 Å². The lowest BCUT2D eigenvalue weighted by Gasteiger charge is -2.36. The maximum absolute atomic E-state index is 12.7. The van der Waals surface area contributed by atoms with Gasteiger partial charge in [-0.1, -0.05) is 30.1 Å². The van der Waals surface area contributed by atoms with Gasteiger partial charge in [-0.15, -0.1) is 0 Å². The largest absolute Gasteiger partial charge is 0.338 e. The van der Waals surface area contributed by atoms with Crippen LogP contribution in [0.3, 0.4) is 0 Å². The van der Waals surface area contributed by atoms with E-state index < -0.39 is 10.0 Å². The predicted molar refractivity (Wildman–Crippen MR) is 98.3 cm³/mol. The molecule has 0 saturated carbocycles. The van der Waals surface area contributed by atoms with Gasteiger partial charge < -0.3 is 4.90 Å². The summed E-state index contributed by atoms with van der Waals surface area (Å²) in [5.41, 5.74) is 0.299. The van der Waals surface area contributed by atoms with Crippen LogP contribution in [-0.2, 0) is 14.8 Å². The van der Waals surface area contributed by atoms with Crippen molar-refractivity contribution >= 4 is 44.8 Å². The zero-order chi connectivity index (χ0) is 17.9. The zero-order valence-electron chi connectivity index (χ0n) is 13.8. The molecule has 5 nitrogen and oxygen atoms in total. The molecule has 1 heterocycles. The quantitative estimate of drug-likeness (QED) is 0.769. The van der Waals surface area contributed by atoms with E-state index in [0.29, 0.717) is 22.3 Å². The van der Waals surface area contributed by atoms with Crippen LogP contribution in [0.5, 0.6) is 0 Å². The van der Waals surface area contributed by atoms with Crippen molar-refractivity contribution in [2.75, 3.05) is 23.7 Å². The van der Waals surface area contributed by atoms with Gasteiger partial charge in [0.1, 0.15) is 6.54 Å². The summed E-state index contributed by atoms with van der Waals surface area (Å²) < 4.78 is 25.4. The topological polar surface area (TPSA) is 57.7 Å². The summed E-state index contributed by atoms with van der Waals surface area (Å²) in [6, 6.07) is 4.69. The predicted octanol–water partition coefficient (Wildman–Crippen LogP) is 3.55. The van der Waals surface area contributed by atoms with Crippen molar-refractivity contribution in [1.29, 1.82) is 0 Å². The van der Waals surface area contributed by atoms with Crippen molar-refractivity contribution in [3.8, 4) is 0 Å². The van der Waals surface area contributed by atoms with Crippen molar-refractivity contribution in [1.82, 2.24) is 4.90 Å². The monoisotopic (exact) mass is 392 g/mol. The molecule has 1 aliphatic rings. The van der Waals surface area contributed by atoms with Crippen molar-refractivity contribution < 1.29 is 13.2 Å². The molecule has 0 bridgehead atoms. The summed E-state index contributed by atoms with van der Waals surface area (Å²) in [4.78, 5) is 14.5. The minimum absolute atomic E-state index is 0.176. The lowest BCUT2D eigenvalue weighted by Crippen LogP contribution is -2.48. The first-order chi connectivity index (χ1) is 11.2. The number of carbonyl (C=O) groups is 1. The number of sulfonamides is 1. The Morgan fingerprint density at radius 2 is 1.88 bits per heavy atom. The van der Waals surface area contributed by atoms with Crippen LogP contribution in [0.4, 0.5) is 5.69 Å². The van der Waals surface area contributed by atoms with Gasteiger partial charge >= 0.3 is 0 Å². The maximum atomic E-state index is 12.7. The maximum Gasteiger partial charge on any atom is 0.243 e. The summed E-state index contributed by atoms with van der Waals surface area (Å²) in [6.45, 7) is 2.47. The van der Waals surface area contributed by atoms with Gasteiger partial charge in [0.2, 0.25) is 15.9 Å². The van der Waals surface area contributed by atoms with Gasteiger partial charge in [-0.25, -0.2) is 8.42 Å². The van der Waals surface area contributed by atoms with E-state index in [1.54, 1.807) is 4.90 Å². The summed E-state index contributed by atoms with van der Waals surface area (Å²) >= 11 is 11.9. The molecule has 8 heteroatoms. The van der Waals surface area contributed by atoms with Crippen LogP contribution in [0.15, 0.2) is 18.2 Å². The smallest absolute Gasteiger partial charge is 0.243 e. The van der Waals surface area contributed by atoms with Crippen molar-refractivity contribution in [3.63, 3.8) is 0 Å². The number of nitrogens with zero attached hydrogens (tertiary/aromatic N) is 2. The fourth-order valence-corrected chi connectivity index (χ4v) is 4.40. The first kappa shape index (κ1) is 19.3. The molecule has 0 radical (unpaired) electrons. The molecule has 1 aliphatic heterocycles. The minimum Gasteiger partial charge on any atom is -0.338 e. The second kappa shape index (κ2) is 7.93. The van der Waals surface area contributed by atoms with E-state index in [0.717, 1.165) is 36.2 Å². The highest BCUT2D eigenvalue weighted by molar-refractivity contribution is 7.92. The van der Waals surface area contributed by atoms with Gasteiger partial charge in [0, 0.05) is 22.6 Å². The molecule has 1 unspecified atom stereocenters. The number of hydrogen-bond acceptors (Lipinski definition) is 3. The van der Waals surface area contributed by atoms with Crippen LogP contribution >= 0.6 is 23.2 Å². The van der Waals surface area contributed by atoms with Crippen molar-refractivity contribution in [2.45, 2.75) is 38.6 Å². The third kappa shape index (κ3) is 4.77. The Morgan fingerprint density at radius 1 is 1.25 bits per heavy atom. The number of halogens is 2. The molecule has 0 aromatic heterocycles. The van der Waals surface area contributed by atoms with Gasteiger partial charge in [-0.3, -0.25) is 9.10 Å². The van der Waals surface area contributed by atoms with Crippen LogP contribution in [-0.4, -0.2) is 44.6 Å². The van der Waals surface area contributed by atoms with Crippen molar-refractivity contribution in [3.05, 3.63) is 28.2 Å². The number of amides is 1. The molecule has 134 valence electrons. The molecule has 2 rings (SSSR count). The number of rotatable bonds is 5. The number of piperidine rings is 1. The highest BCUT2D eigenvalue weighted by Crippen LogP contribution is 2.28. The standard InChI is InChI=1S/C16H22Cl2N2O3S/c1-3-14-6-4-5-7-19(14)16(21)11-20(24(2,22)23)15-9-12(17)8-13(18)10-15/h8-10,14H,3-7,11H2,1-2H3. The molecule has 1 aromatic rings. The normalized spacial score (nSPS) is 18.5. The van der Waals surface area contributed by atoms with Crippen molar-refractivity contribution in [2.24, 2.45) is 0 Å². The molecule has 1 fully saturated rings. The van der Waals surface area contributed by atoms with Gasteiger partial charge in [0.15, 0.2) is 0 Å². The van der Waals surface area contributed by atoms with E-state index in [1.807, 2.05) is 6.92 Å². The summed E-state index contributed by atoms with van der Waals surface area (Å²) in [5.74, 6) is -0.192. The van der Waals surface area contributed by atoms with E-state index in [-0.39, 0.29) is 18.5 Å². The fourth-order valence-electron chi connectivity index (χ4n) is 3.05. The van der Waals surface area contributed by atoms with E-state index in [1.165, 1.54) is 18.2 Å². The second-order valence-electron chi connectivity index (χ2n) is 6.04. The Hall–Kier alpha value is -0.980. The Morgan fingerprint density at radius 3 is 2.42 bits per heavy atom. The molecular weight excluding hydrogens is 371 g/mol. The third-order valence-electron chi connectivity index (χ3n) is 4.23. The van der Waals surface area contributed by atoms with E-state index in [2.05, 4.69) is 0 Å². The summed E-state index contributed by atoms with van der Waals surface area (Å²) in [7, 11) is -3.64. The van der Waals surface area contributed by atoms with Crippen LogP contribution in [0.25, 0.3) is 0 Å². The Bertz CT molecular complexity index is 689. The Balaban J connectivity index is 2.28. The first-order valence-electron chi connectivity index (χ1n) is 7.95. The van der Waals surface area contributed by atoms with Gasteiger partial charge in [-0.2, -0.15) is 0 Å². The number of likely N-dealkylation sites (tertiary alicyclic amines) is 1. The molecule has 0 N–H and O–H groups in total.